The number of halogens is 3. The van der Waals surface area contributed by atoms with Crippen molar-refractivity contribution in [3.8, 4) is 0 Å². The average molecular weight is 375 g/mol. The first kappa shape index (κ1) is 18.0. The number of amides is 1. The van der Waals surface area contributed by atoms with Crippen LogP contribution in [-0.2, 0) is 19.1 Å². The second-order valence-corrected chi connectivity index (χ2v) is 7.69. The summed E-state index contributed by atoms with van der Waals surface area (Å²) < 4.78 is 9.09. The molecule has 0 aliphatic carbocycles. The standard InChI is InChI=1S/C12H18Cl3N3O4/c1-6-8(9(16)20)17-11(21-6)18-5-3-2-4-7(19)22-10(18)12(13,14)15/h6,8,10-11,17H,2-5H2,1H3,(H2,16,20)/t6-,8+,10+,11-/m1/s1. The molecule has 0 spiro atoms. The first-order chi connectivity index (χ1) is 10.2. The number of primary amides is 1. The lowest BCUT2D eigenvalue weighted by Crippen LogP contribution is -2.57. The minimum absolute atomic E-state index is 0.268. The molecule has 0 saturated carbocycles. The Labute approximate surface area is 143 Å². The second kappa shape index (κ2) is 7.07. The molecular weight excluding hydrogens is 357 g/mol. The molecule has 22 heavy (non-hydrogen) atoms. The van der Waals surface area contributed by atoms with Gasteiger partial charge in [0.1, 0.15) is 6.04 Å². The van der Waals surface area contributed by atoms with Crippen LogP contribution in [0, 0.1) is 0 Å². The lowest BCUT2D eigenvalue weighted by Gasteiger charge is -2.39. The molecule has 0 radical (unpaired) electrons. The predicted octanol–water partition coefficient (Wildman–Crippen LogP) is 0.858. The molecule has 0 aromatic rings. The molecule has 126 valence electrons. The number of carbonyl (C=O) groups excluding carboxylic acids is 2. The summed E-state index contributed by atoms with van der Waals surface area (Å²) in [6.45, 7) is 2.19. The lowest BCUT2D eigenvalue weighted by molar-refractivity contribution is -0.180. The highest BCUT2D eigenvalue weighted by Gasteiger charge is 2.48. The van der Waals surface area contributed by atoms with Crippen LogP contribution in [0.2, 0.25) is 0 Å². The topological polar surface area (TPSA) is 93.9 Å². The maximum atomic E-state index is 11.7. The number of alkyl halides is 3. The summed E-state index contributed by atoms with van der Waals surface area (Å²) in [5, 5.41) is 2.94. The Morgan fingerprint density at radius 3 is 2.64 bits per heavy atom. The van der Waals surface area contributed by atoms with Crippen LogP contribution in [-0.4, -0.2) is 51.8 Å². The molecule has 10 heteroatoms. The van der Waals surface area contributed by atoms with E-state index in [1.807, 2.05) is 0 Å². The van der Waals surface area contributed by atoms with Crippen LogP contribution in [0.15, 0.2) is 0 Å². The summed E-state index contributed by atoms with van der Waals surface area (Å²) in [6, 6.07) is -0.665. The van der Waals surface area contributed by atoms with Gasteiger partial charge < -0.3 is 15.2 Å². The van der Waals surface area contributed by atoms with Crippen molar-refractivity contribution in [1.82, 2.24) is 10.2 Å². The number of nitrogens with two attached hydrogens (primary N) is 1. The first-order valence-corrected chi connectivity index (χ1v) is 8.06. The van der Waals surface area contributed by atoms with Crippen molar-refractivity contribution in [2.45, 2.75) is 54.7 Å². The number of esters is 1. The van der Waals surface area contributed by atoms with Crippen molar-refractivity contribution in [2.24, 2.45) is 5.73 Å². The molecule has 2 saturated heterocycles. The molecule has 0 aromatic carbocycles. The normalized spacial score (nSPS) is 34.8. The summed E-state index contributed by atoms with van der Waals surface area (Å²) >= 11 is 17.8. The van der Waals surface area contributed by atoms with Gasteiger partial charge in [-0.25, -0.2) is 4.90 Å². The number of ether oxygens (including phenoxy) is 2. The molecule has 3 N–H and O–H groups in total. The second-order valence-electron chi connectivity index (χ2n) is 5.32. The first-order valence-electron chi connectivity index (χ1n) is 6.93. The van der Waals surface area contributed by atoms with Gasteiger partial charge in [0.2, 0.25) is 15.9 Å². The molecule has 2 aliphatic heterocycles. The zero-order valence-electron chi connectivity index (χ0n) is 11.9. The van der Waals surface area contributed by atoms with E-state index in [0.717, 1.165) is 0 Å². The fraction of sp³-hybridized carbons (Fsp3) is 0.833. The van der Waals surface area contributed by atoms with Crippen LogP contribution in [0.5, 0.6) is 0 Å². The van der Waals surface area contributed by atoms with Crippen LogP contribution in [0.25, 0.3) is 0 Å². The summed E-state index contributed by atoms with van der Waals surface area (Å²) in [5.74, 6) is -0.983. The van der Waals surface area contributed by atoms with Gasteiger partial charge in [0.05, 0.1) is 6.10 Å². The number of nitrogens with zero attached hydrogens (tertiary/aromatic N) is 1. The molecule has 1 amide bonds. The summed E-state index contributed by atoms with van der Waals surface area (Å²) in [4.78, 5) is 24.7. The van der Waals surface area contributed by atoms with Gasteiger partial charge in [-0.05, 0) is 19.8 Å². The molecular formula is C12H18Cl3N3O4. The van der Waals surface area contributed by atoms with E-state index < -0.39 is 40.4 Å². The number of nitrogens with one attached hydrogen (secondary N) is 1. The van der Waals surface area contributed by atoms with Gasteiger partial charge in [-0.1, -0.05) is 34.8 Å². The highest BCUT2D eigenvalue weighted by Crippen LogP contribution is 2.37. The predicted molar refractivity (Wildman–Crippen MR) is 81.2 cm³/mol. The molecule has 4 atom stereocenters. The van der Waals surface area contributed by atoms with Crippen molar-refractivity contribution in [1.29, 1.82) is 0 Å². The Bertz CT molecular complexity index is 446. The number of hydrogen-bond acceptors (Lipinski definition) is 6. The minimum atomic E-state index is -1.86. The summed E-state index contributed by atoms with van der Waals surface area (Å²) in [7, 11) is 0. The van der Waals surface area contributed by atoms with Gasteiger partial charge >= 0.3 is 5.97 Å². The molecule has 2 heterocycles. The molecule has 0 unspecified atom stereocenters. The Balaban J connectivity index is 2.20. The quantitative estimate of drug-likeness (QED) is 0.550. The number of rotatable bonds is 2. The molecule has 2 aliphatic rings. The summed E-state index contributed by atoms with van der Waals surface area (Å²) in [5.41, 5.74) is 5.31. The van der Waals surface area contributed by atoms with E-state index in [4.69, 9.17) is 50.0 Å². The van der Waals surface area contributed by atoms with Crippen molar-refractivity contribution < 1.29 is 19.1 Å². The third-order valence-corrected chi connectivity index (χ3v) is 4.17. The average Bonchev–Trinajstić information content (AvgIpc) is 2.74. The zero-order valence-corrected chi connectivity index (χ0v) is 14.2. The third kappa shape index (κ3) is 4.15. The number of cyclic esters (lactones) is 1. The van der Waals surface area contributed by atoms with E-state index in [0.29, 0.717) is 19.4 Å². The van der Waals surface area contributed by atoms with Crippen molar-refractivity contribution in [3.05, 3.63) is 0 Å². The lowest BCUT2D eigenvalue weighted by atomic mass is 10.2. The molecule has 0 bridgehead atoms. The van der Waals surface area contributed by atoms with Gasteiger partial charge in [0.15, 0.2) is 6.35 Å². The molecule has 7 nitrogen and oxygen atoms in total. The smallest absolute Gasteiger partial charge is 0.307 e. The Morgan fingerprint density at radius 2 is 2.09 bits per heavy atom. The van der Waals surface area contributed by atoms with Crippen molar-refractivity contribution in [2.75, 3.05) is 6.54 Å². The maximum absolute atomic E-state index is 11.7. The summed E-state index contributed by atoms with van der Waals surface area (Å²) in [6.07, 6.45) is -0.683. The third-order valence-electron chi connectivity index (χ3n) is 3.61. The van der Waals surface area contributed by atoms with Crippen molar-refractivity contribution >= 4 is 46.7 Å². The Hall–Kier alpha value is -0.310. The highest BCUT2D eigenvalue weighted by atomic mass is 35.6. The fourth-order valence-corrected chi connectivity index (χ4v) is 3.03. The van der Waals surface area contributed by atoms with E-state index in [1.165, 1.54) is 0 Å². The van der Waals surface area contributed by atoms with Gasteiger partial charge in [0.25, 0.3) is 0 Å². The maximum Gasteiger partial charge on any atom is 0.307 e. The monoisotopic (exact) mass is 373 g/mol. The van der Waals surface area contributed by atoms with Crippen molar-refractivity contribution in [3.63, 3.8) is 0 Å². The van der Waals surface area contributed by atoms with Gasteiger partial charge in [0, 0.05) is 13.0 Å². The molecule has 0 aromatic heterocycles. The van der Waals surface area contributed by atoms with E-state index >= 15 is 0 Å². The van der Waals surface area contributed by atoms with E-state index in [9.17, 15) is 9.59 Å². The highest BCUT2D eigenvalue weighted by molar-refractivity contribution is 6.68. The van der Waals surface area contributed by atoms with Crippen LogP contribution >= 0.6 is 34.8 Å². The van der Waals surface area contributed by atoms with Gasteiger partial charge in [-0.2, -0.15) is 0 Å². The Kier molecular flexibility index (Phi) is 5.79. The van der Waals surface area contributed by atoms with Gasteiger partial charge in [-0.3, -0.25) is 14.9 Å². The van der Waals surface area contributed by atoms with E-state index in [1.54, 1.807) is 11.8 Å². The zero-order chi connectivity index (χ0) is 16.5. The minimum Gasteiger partial charge on any atom is -0.441 e. The van der Waals surface area contributed by atoms with E-state index in [-0.39, 0.29) is 6.42 Å². The fourth-order valence-electron chi connectivity index (χ4n) is 2.52. The SMILES string of the molecule is C[C@H]1O[C@@H](N2CCCCC(=O)O[C@H]2C(Cl)(Cl)Cl)N[C@@H]1C(N)=O. The Morgan fingerprint density at radius 1 is 1.41 bits per heavy atom. The van der Waals surface area contributed by atoms with E-state index in [2.05, 4.69) is 5.32 Å². The van der Waals surface area contributed by atoms with Crippen LogP contribution < -0.4 is 11.1 Å². The molecule has 2 fully saturated rings. The molecule has 2 rings (SSSR count). The number of carbonyl (C=O) groups is 2. The van der Waals surface area contributed by atoms with Crippen LogP contribution in [0.4, 0.5) is 0 Å². The largest absolute Gasteiger partial charge is 0.441 e. The van der Waals surface area contributed by atoms with Gasteiger partial charge in [-0.15, -0.1) is 0 Å². The van der Waals surface area contributed by atoms with Crippen LogP contribution in [0.3, 0.4) is 0 Å². The van der Waals surface area contributed by atoms with Crippen LogP contribution in [0.1, 0.15) is 26.2 Å². The number of hydrogen-bond donors (Lipinski definition) is 2.